The minimum Gasteiger partial charge on any atom is -0.449 e. The molecular formula is C24H32N8O4. The van der Waals surface area contributed by atoms with Gasteiger partial charge in [-0.15, -0.1) is 0 Å². The van der Waals surface area contributed by atoms with E-state index in [0.717, 1.165) is 37.2 Å². The summed E-state index contributed by atoms with van der Waals surface area (Å²) in [5.74, 6) is 1.37. The van der Waals surface area contributed by atoms with Crippen molar-refractivity contribution >= 4 is 29.0 Å². The topological polar surface area (TPSA) is 129 Å². The number of amides is 1. The molecule has 0 spiro atoms. The maximum absolute atomic E-state index is 12.1. The summed E-state index contributed by atoms with van der Waals surface area (Å²) in [6, 6.07) is 0. The van der Waals surface area contributed by atoms with Crippen LogP contribution < -0.4 is 10.2 Å². The molecule has 2 aliphatic rings. The molecule has 192 valence electrons. The number of carbonyl (C=O) groups is 1. The molecule has 1 amide bonds. The maximum Gasteiger partial charge on any atom is 0.414 e. The molecule has 0 radical (unpaired) electrons. The second kappa shape index (κ2) is 10.3. The predicted octanol–water partition coefficient (Wildman–Crippen LogP) is 3.41. The molecule has 5 heterocycles. The Morgan fingerprint density at radius 2 is 1.89 bits per heavy atom. The van der Waals surface area contributed by atoms with E-state index in [1.54, 1.807) is 18.7 Å². The van der Waals surface area contributed by atoms with Crippen LogP contribution in [-0.2, 0) is 14.2 Å². The summed E-state index contributed by atoms with van der Waals surface area (Å²) < 4.78 is 18.8. The minimum absolute atomic E-state index is 0.106. The van der Waals surface area contributed by atoms with E-state index >= 15 is 0 Å². The van der Waals surface area contributed by atoms with E-state index in [1.807, 2.05) is 25.3 Å². The molecule has 2 fully saturated rings. The summed E-state index contributed by atoms with van der Waals surface area (Å²) >= 11 is 0. The number of fused-ring (bicyclic) bond motifs is 1. The van der Waals surface area contributed by atoms with E-state index < -0.39 is 6.09 Å². The maximum atomic E-state index is 12.1. The highest BCUT2D eigenvalue weighted by atomic mass is 16.5. The van der Waals surface area contributed by atoms with Crippen molar-refractivity contribution in [3.05, 3.63) is 18.7 Å². The van der Waals surface area contributed by atoms with E-state index in [9.17, 15) is 4.79 Å². The van der Waals surface area contributed by atoms with Crippen LogP contribution in [0, 0.1) is 5.41 Å². The zero-order valence-corrected chi connectivity index (χ0v) is 20.9. The lowest BCUT2D eigenvalue weighted by Crippen LogP contribution is -2.37. The Labute approximate surface area is 209 Å². The largest absolute Gasteiger partial charge is 0.449 e. The Morgan fingerprint density at radius 1 is 1.11 bits per heavy atom. The van der Waals surface area contributed by atoms with Gasteiger partial charge in [0.25, 0.3) is 0 Å². The van der Waals surface area contributed by atoms with Crippen LogP contribution in [0.5, 0.6) is 0 Å². The van der Waals surface area contributed by atoms with Crippen LogP contribution in [0.4, 0.5) is 16.6 Å². The Morgan fingerprint density at radius 3 is 2.58 bits per heavy atom. The van der Waals surface area contributed by atoms with E-state index in [1.165, 1.54) is 0 Å². The zero-order chi connectivity index (χ0) is 25.1. The average Bonchev–Trinajstić information content (AvgIpc) is 3.32. The van der Waals surface area contributed by atoms with Crippen LogP contribution >= 0.6 is 0 Å². The van der Waals surface area contributed by atoms with Crippen LogP contribution in [0.2, 0.25) is 0 Å². The van der Waals surface area contributed by atoms with Crippen molar-refractivity contribution in [3.8, 4) is 11.4 Å². The summed E-state index contributed by atoms with van der Waals surface area (Å²) in [7, 11) is 0. The summed E-state index contributed by atoms with van der Waals surface area (Å²) in [6.45, 7) is 9.65. The third-order valence-electron chi connectivity index (χ3n) is 5.94. The number of morpholine rings is 1. The molecule has 2 saturated heterocycles. The van der Waals surface area contributed by atoms with Crippen molar-refractivity contribution in [3.63, 3.8) is 0 Å². The van der Waals surface area contributed by atoms with E-state index in [4.69, 9.17) is 24.2 Å². The Hall–Kier alpha value is -3.38. The molecule has 0 aromatic carbocycles. The monoisotopic (exact) mass is 496 g/mol. The second-order valence-electron chi connectivity index (χ2n) is 10.2. The van der Waals surface area contributed by atoms with Gasteiger partial charge in [-0.25, -0.2) is 29.7 Å². The van der Waals surface area contributed by atoms with Crippen molar-refractivity contribution in [1.82, 2.24) is 29.5 Å². The SMILES string of the molecule is CC(C)(C)COC(=O)Nc1ncc(-c2nc(N3CCOCC3)c3ncn(C4CCCCO4)c3n2)cn1. The predicted molar refractivity (Wildman–Crippen MR) is 133 cm³/mol. The summed E-state index contributed by atoms with van der Waals surface area (Å²) in [5.41, 5.74) is 1.93. The molecular weight excluding hydrogens is 464 g/mol. The fraction of sp³-hybridized carbons (Fsp3) is 0.583. The first-order valence-electron chi connectivity index (χ1n) is 12.3. The first-order chi connectivity index (χ1) is 17.4. The van der Waals surface area contributed by atoms with Crippen LogP contribution in [0.25, 0.3) is 22.6 Å². The number of rotatable bonds is 5. The summed E-state index contributed by atoms with van der Waals surface area (Å²) in [4.78, 5) is 37.1. The third-order valence-corrected chi connectivity index (χ3v) is 5.94. The van der Waals surface area contributed by atoms with Gasteiger partial charge < -0.3 is 19.1 Å². The molecule has 3 aromatic heterocycles. The molecule has 1 N–H and O–H groups in total. The van der Waals surface area contributed by atoms with E-state index in [2.05, 4.69) is 25.2 Å². The standard InChI is InChI=1S/C24H32N8O4/c1-24(2,3)14-36-23(33)30-22-25-12-16(13-26-22)19-28-20(31-7-10-34-11-8-31)18-21(29-19)32(15-27-18)17-6-4-5-9-35-17/h12-13,15,17H,4-11,14H2,1-3H3,(H,25,26,30,33). The van der Waals surface area contributed by atoms with Crippen molar-refractivity contribution in [1.29, 1.82) is 0 Å². The fourth-order valence-corrected chi connectivity index (χ4v) is 4.10. The van der Waals surface area contributed by atoms with Crippen LogP contribution in [0.15, 0.2) is 18.7 Å². The first kappa shape index (κ1) is 24.3. The van der Waals surface area contributed by atoms with Gasteiger partial charge in [0, 0.05) is 32.1 Å². The average molecular weight is 497 g/mol. The third kappa shape index (κ3) is 5.54. The minimum atomic E-state index is -0.596. The van der Waals surface area contributed by atoms with E-state index in [0.29, 0.717) is 43.3 Å². The number of ether oxygens (including phenoxy) is 3. The summed E-state index contributed by atoms with van der Waals surface area (Å²) in [5, 5.41) is 2.56. The van der Waals surface area contributed by atoms with Gasteiger partial charge in [-0.3, -0.25) is 9.88 Å². The lowest BCUT2D eigenvalue weighted by molar-refractivity contribution is -0.0298. The van der Waals surface area contributed by atoms with Gasteiger partial charge in [-0.05, 0) is 24.7 Å². The number of hydrogen-bond acceptors (Lipinski definition) is 10. The Kier molecular flexibility index (Phi) is 6.97. The molecule has 12 nitrogen and oxygen atoms in total. The van der Waals surface area contributed by atoms with Crippen molar-refractivity contribution in [2.75, 3.05) is 49.7 Å². The van der Waals surface area contributed by atoms with Crippen LogP contribution in [-0.4, -0.2) is 75.1 Å². The van der Waals surface area contributed by atoms with Gasteiger partial charge in [-0.2, -0.15) is 0 Å². The zero-order valence-electron chi connectivity index (χ0n) is 20.9. The summed E-state index contributed by atoms with van der Waals surface area (Å²) in [6.07, 6.45) is 7.33. The fourth-order valence-electron chi connectivity index (χ4n) is 4.10. The van der Waals surface area contributed by atoms with Crippen molar-refractivity contribution in [2.45, 2.75) is 46.3 Å². The molecule has 36 heavy (non-hydrogen) atoms. The first-order valence-corrected chi connectivity index (χ1v) is 12.3. The molecule has 1 atom stereocenters. The number of imidazole rings is 1. The number of nitrogens with zero attached hydrogens (tertiary/aromatic N) is 7. The normalized spacial score (nSPS) is 18.9. The number of anilines is 2. The number of aromatic nitrogens is 6. The quantitative estimate of drug-likeness (QED) is 0.561. The molecule has 0 aliphatic carbocycles. The van der Waals surface area contributed by atoms with Gasteiger partial charge in [0.2, 0.25) is 5.95 Å². The number of carbonyl (C=O) groups excluding carboxylic acids is 1. The highest BCUT2D eigenvalue weighted by Gasteiger charge is 2.25. The highest BCUT2D eigenvalue weighted by molar-refractivity contribution is 5.86. The Balaban J connectivity index is 1.44. The van der Waals surface area contributed by atoms with Gasteiger partial charge in [0.1, 0.15) is 6.23 Å². The number of nitrogens with one attached hydrogen (secondary N) is 1. The van der Waals surface area contributed by atoms with Crippen molar-refractivity contribution < 1.29 is 19.0 Å². The molecule has 12 heteroatoms. The van der Waals surface area contributed by atoms with Crippen LogP contribution in [0.1, 0.15) is 46.3 Å². The van der Waals surface area contributed by atoms with Crippen LogP contribution in [0.3, 0.4) is 0 Å². The van der Waals surface area contributed by atoms with Gasteiger partial charge in [0.15, 0.2) is 22.8 Å². The van der Waals surface area contributed by atoms with Gasteiger partial charge in [-0.1, -0.05) is 20.8 Å². The molecule has 5 rings (SSSR count). The lowest BCUT2D eigenvalue weighted by Gasteiger charge is -2.28. The lowest BCUT2D eigenvalue weighted by atomic mass is 9.99. The van der Waals surface area contributed by atoms with Gasteiger partial charge in [0.05, 0.1) is 31.7 Å². The molecule has 1 unspecified atom stereocenters. The van der Waals surface area contributed by atoms with E-state index in [-0.39, 0.29) is 24.2 Å². The molecule has 3 aromatic rings. The Bertz CT molecular complexity index is 1200. The van der Waals surface area contributed by atoms with Crippen molar-refractivity contribution in [2.24, 2.45) is 5.41 Å². The molecule has 0 bridgehead atoms. The molecule has 0 saturated carbocycles. The number of hydrogen-bond donors (Lipinski definition) is 1. The second-order valence-corrected chi connectivity index (χ2v) is 10.2. The van der Waals surface area contributed by atoms with Gasteiger partial charge >= 0.3 is 6.09 Å². The smallest absolute Gasteiger partial charge is 0.414 e. The highest BCUT2D eigenvalue weighted by Crippen LogP contribution is 2.31. The molecule has 2 aliphatic heterocycles.